The van der Waals surface area contributed by atoms with Gasteiger partial charge in [-0.2, -0.15) is 5.10 Å². The molecule has 1 aromatic heterocycles. The Bertz CT molecular complexity index is 956. The van der Waals surface area contributed by atoms with Crippen LogP contribution in [0.1, 0.15) is 22.1 Å². The van der Waals surface area contributed by atoms with Gasteiger partial charge in [-0.3, -0.25) is 9.59 Å². The van der Waals surface area contributed by atoms with Gasteiger partial charge in [0.2, 0.25) is 5.43 Å². The number of aromatic nitrogens is 2. The van der Waals surface area contributed by atoms with Crippen LogP contribution in [0.5, 0.6) is 0 Å². The maximum Gasteiger partial charge on any atom is 0.276 e. The van der Waals surface area contributed by atoms with Crippen molar-refractivity contribution in [2.75, 3.05) is 6.61 Å². The smallest absolute Gasteiger partial charge is 0.276 e. The largest absolute Gasteiger partial charge is 0.394 e. The summed E-state index contributed by atoms with van der Waals surface area (Å²) >= 11 is 0. The first-order chi connectivity index (χ1) is 12.6. The van der Waals surface area contributed by atoms with Crippen LogP contribution in [0.4, 0.5) is 4.39 Å². The molecule has 7 heteroatoms. The zero-order chi connectivity index (χ0) is 18.5. The summed E-state index contributed by atoms with van der Waals surface area (Å²) in [5.41, 5.74) is 0.345. The van der Waals surface area contributed by atoms with Crippen LogP contribution < -0.4 is 10.7 Å². The van der Waals surface area contributed by atoms with Crippen molar-refractivity contribution >= 4 is 5.91 Å². The summed E-state index contributed by atoms with van der Waals surface area (Å²) in [5.74, 6) is -1.10. The second kappa shape index (κ2) is 7.71. The third-order valence-corrected chi connectivity index (χ3v) is 3.80. The Morgan fingerprint density at radius 2 is 1.81 bits per heavy atom. The summed E-state index contributed by atoms with van der Waals surface area (Å²) in [5, 5.41) is 16.2. The standard InChI is InChI=1S/C19H16FN3O3/c20-14-6-8-15(9-7-14)23-11-10-17(25)18(22-23)19(26)21-16(12-24)13-4-2-1-3-5-13/h1-11,16,24H,12H2,(H,21,26). The zero-order valence-corrected chi connectivity index (χ0v) is 13.7. The minimum atomic E-state index is -0.700. The average molecular weight is 353 g/mol. The number of halogens is 1. The number of nitrogens with one attached hydrogen (secondary N) is 1. The molecule has 1 unspecified atom stereocenters. The first-order valence-electron chi connectivity index (χ1n) is 7.91. The van der Waals surface area contributed by atoms with E-state index in [1.807, 2.05) is 6.07 Å². The van der Waals surface area contributed by atoms with Crippen molar-refractivity contribution < 1.29 is 14.3 Å². The van der Waals surface area contributed by atoms with Crippen molar-refractivity contribution in [2.45, 2.75) is 6.04 Å². The predicted molar refractivity (Wildman–Crippen MR) is 93.5 cm³/mol. The van der Waals surface area contributed by atoms with E-state index < -0.39 is 23.2 Å². The van der Waals surface area contributed by atoms with Crippen molar-refractivity contribution in [3.63, 3.8) is 0 Å². The van der Waals surface area contributed by atoms with Gasteiger partial charge in [-0.25, -0.2) is 9.07 Å². The lowest BCUT2D eigenvalue weighted by Crippen LogP contribution is -2.35. The Morgan fingerprint density at radius 1 is 1.12 bits per heavy atom. The molecule has 6 nitrogen and oxygen atoms in total. The quantitative estimate of drug-likeness (QED) is 0.733. The molecule has 0 aliphatic rings. The summed E-state index contributed by atoms with van der Waals surface area (Å²) in [6, 6.07) is 14.9. The van der Waals surface area contributed by atoms with Gasteiger partial charge in [-0.05, 0) is 29.8 Å². The van der Waals surface area contributed by atoms with E-state index in [-0.39, 0.29) is 12.3 Å². The zero-order valence-electron chi connectivity index (χ0n) is 13.7. The summed E-state index contributed by atoms with van der Waals surface area (Å²) in [7, 11) is 0. The number of hydrogen-bond acceptors (Lipinski definition) is 4. The highest BCUT2D eigenvalue weighted by Gasteiger charge is 2.19. The van der Waals surface area contributed by atoms with Gasteiger partial charge in [-0.1, -0.05) is 30.3 Å². The maximum absolute atomic E-state index is 13.1. The normalized spacial score (nSPS) is 11.8. The fourth-order valence-corrected chi connectivity index (χ4v) is 2.45. The molecule has 3 aromatic rings. The van der Waals surface area contributed by atoms with Crippen LogP contribution >= 0.6 is 0 Å². The maximum atomic E-state index is 13.1. The van der Waals surface area contributed by atoms with Gasteiger partial charge in [0.25, 0.3) is 5.91 Å². The van der Waals surface area contributed by atoms with Crippen molar-refractivity contribution in [2.24, 2.45) is 0 Å². The number of nitrogens with zero attached hydrogens (tertiary/aromatic N) is 2. The third kappa shape index (κ3) is 3.84. The van der Waals surface area contributed by atoms with Gasteiger partial charge in [0.1, 0.15) is 5.82 Å². The average Bonchev–Trinajstić information content (AvgIpc) is 2.67. The minimum absolute atomic E-state index is 0.314. The van der Waals surface area contributed by atoms with Crippen LogP contribution in [-0.4, -0.2) is 27.4 Å². The van der Waals surface area contributed by atoms with Gasteiger partial charge in [-0.15, -0.1) is 0 Å². The number of hydrogen-bond donors (Lipinski definition) is 2. The summed E-state index contributed by atoms with van der Waals surface area (Å²) < 4.78 is 14.4. The Balaban J connectivity index is 1.88. The second-order valence-electron chi connectivity index (χ2n) is 5.57. The molecule has 2 aromatic carbocycles. The summed E-state index contributed by atoms with van der Waals surface area (Å²) in [6.45, 7) is -0.325. The minimum Gasteiger partial charge on any atom is -0.394 e. The molecule has 1 heterocycles. The van der Waals surface area contributed by atoms with Crippen molar-refractivity contribution in [3.05, 3.63) is 94.2 Å². The third-order valence-electron chi connectivity index (χ3n) is 3.80. The lowest BCUT2D eigenvalue weighted by atomic mass is 10.1. The van der Waals surface area contributed by atoms with Crippen molar-refractivity contribution in [3.8, 4) is 5.69 Å². The molecule has 3 rings (SSSR count). The number of amides is 1. The number of aliphatic hydroxyl groups is 1. The Hall–Kier alpha value is -3.32. The van der Waals surface area contributed by atoms with Crippen LogP contribution in [0, 0.1) is 5.82 Å². The van der Waals surface area contributed by atoms with Crippen LogP contribution in [0.2, 0.25) is 0 Å². The lowest BCUT2D eigenvalue weighted by Gasteiger charge is -2.16. The Morgan fingerprint density at radius 3 is 2.46 bits per heavy atom. The Labute approximate surface area is 148 Å². The van der Waals surface area contributed by atoms with Gasteiger partial charge >= 0.3 is 0 Å². The van der Waals surface area contributed by atoms with E-state index in [4.69, 9.17) is 0 Å². The number of aliphatic hydroxyl groups excluding tert-OH is 1. The SMILES string of the molecule is O=C(NC(CO)c1ccccc1)c1nn(-c2ccc(F)cc2)ccc1=O. The van der Waals surface area contributed by atoms with Gasteiger partial charge in [0, 0.05) is 12.3 Å². The molecular formula is C19H16FN3O3. The molecule has 0 fully saturated rings. The number of benzene rings is 2. The highest BCUT2D eigenvalue weighted by atomic mass is 19.1. The van der Waals surface area contributed by atoms with Gasteiger partial charge < -0.3 is 10.4 Å². The van der Waals surface area contributed by atoms with E-state index in [0.717, 1.165) is 0 Å². The van der Waals surface area contributed by atoms with E-state index >= 15 is 0 Å². The number of carbonyl (C=O) groups is 1. The topological polar surface area (TPSA) is 84.2 Å². The molecule has 132 valence electrons. The van der Waals surface area contributed by atoms with E-state index in [2.05, 4.69) is 10.4 Å². The second-order valence-corrected chi connectivity index (χ2v) is 5.57. The molecule has 0 saturated carbocycles. The molecule has 26 heavy (non-hydrogen) atoms. The van der Waals surface area contributed by atoms with Crippen LogP contribution in [-0.2, 0) is 0 Å². The van der Waals surface area contributed by atoms with Crippen LogP contribution in [0.3, 0.4) is 0 Å². The van der Waals surface area contributed by atoms with E-state index in [1.54, 1.807) is 24.3 Å². The highest BCUT2D eigenvalue weighted by molar-refractivity contribution is 5.92. The van der Waals surface area contributed by atoms with E-state index in [1.165, 1.54) is 41.2 Å². The fourth-order valence-electron chi connectivity index (χ4n) is 2.45. The van der Waals surface area contributed by atoms with Crippen LogP contribution in [0.25, 0.3) is 5.69 Å². The van der Waals surface area contributed by atoms with E-state index in [9.17, 15) is 19.1 Å². The molecule has 0 aliphatic heterocycles. The molecular weight excluding hydrogens is 337 g/mol. The Kier molecular flexibility index (Phi) is 5.19. The molecule has 0 spiro atoms. The number of carbonyl (C=O) groups excluding carboxylic acids is 1. The number of rotatable bonds is 5. The molecule has 2 N–H and O–H groups in total. The van der Waals surface area contributed by atoms with Crippen molar-refractivity contribution in [1.82, 2.24) is 15.1 Å². The molecule has 0 bridgehead atoms. The molecule has 0 saturated heterocycles. The summed E-state index contributed by atoms with van der Waals surface area (Å²) in [4.78, 5) is 24.5. The van der Waals surface area contributed by atoms with Crippen LogP contribution in [0.15, 0.2) is 71.7 Å². The molecule has 0 radical (unpaired) electrons. The predicted octanol–water partition coefficient (Wildman–Crippen LogP) is 1.84. The van der Waals surface area contributed by atoms with Gasteiger partial charge in [0.05, 0.1) is 18.3 Å². The molecule has 0 aliphatic carbocycles. The lowest BCUT2D eigenvalue weighted by molar-refractivity contribution is 0.0908. The fraction of sp³-hybridized carbons (Fsp3) is 0.105. The van der Waals surface area contributed by atoms with E-state index in [0.29, 0.717) is 11.3 Å². The van der Waals surface area contributed by atoms with Gasteiger partial charge in [0.15, 0.2) is 5.69 Å². The first-order valence-corrected chi connectivity index (χ1v) is 7.91. The summed E-state index contributed by atoms with van der Waals surface area (Å²) in [6.07, 6.45) is 1.40. The first kappa shape index (κ1) is 17.5. The van der Waals surface area contributed by atoms with Crippen molar-refractivity contribution in [1.29, 1.82) is 0 Å². The molecule has 1 atom stereocenters. The monoisotopic (exact) mass is 353 g/mol. The highest BCUT2D eigenvalue weighted by Crippen LogP contribution is 2.12. The molecule has 1 amide bonds.